The van der Waals surface area contributed by atoms with E-state index < -0.39 is 11.6 Å². The SMILES string of the molecule is CC(C)(CS)c1ccc(F)cc1F. The second-order valence-corrected chi connectivity index (χ2v) is 3.98. The Bertz CT molecular complexity index is 308. The van der Waals surface area contributed by atoms with Gasteiger partial charge in [0.1, 0.15) is 11.6 Å². The molecule has 3 heteroatoms. The average molecular weight is 202 g/mol. The van der Waals surface area contributed by atoms with Crippen LogP contribution in [0, 0.1) is 11.6 Å². The minimum Gasteiger partial charge on any atom is -0.207 e. The quantitative estimate of drug-likeness (QED) is 0.700. The Morgan fingerprint density at radius 3 is 2.38 bits per heavy atom. The molecule has 0 atom stereocenters. The number of benzene rings is 1. The summed E-state index contributed by atoms with van der Waals surface area (Å²) in [5.74, 6) is -0.523. The fraction of sp³-hybridized carbons (Fsp3) is 0.400. The molecule has 0 bridgehead atoms. The van der Waals surface area contributed by atoms with E-state index in [0.29, 0.717) is 11.3 Å². The maximum atomic E-state index is 13.3. The van der Waals surface area contributed by atoms with Crippen LogP contribution in [0.2, 0.25) is 0 Å². The van der Waals surface area contributed by atoms with Gasteiger partial charge in [-0.25, -0.2) is 8.78 Å². The first-order valence-electron chi connectivity index (χ1n) is 4.04. The Balaban J connectivity index is 3.16. The molecule has 0 amide bonds. The molecule has 0 aliphatic carbocycles. The van der Waals surface area contributed by atoms with Gasteiger partial charge >= 0.3 is 0 Å². The van der Waals surface area contributed by atoms with E-state index in [1.54, 1.807) is 0 Å². The summed E-state index contributed by atoms with van der Waals surface area (Å²) in [4.78, 5) is 0. The first kappa shape index (κ1) is 10.5. The molecule has 13 heavy (non-hydrogen) atoms. The molecule has 0 aliphatic rings. The van der Waals surface area contributed by atoms with E-state index in [1.165, 1.54) is 12.1 Å². The summed E-state index contributed by atoms with van der Waals surface area (Å²) >= 11 is 4.13. The third-order valence-electron chi connectivity index (χ3n) is 2.06. The molecule has 0 radical (unpaired) electrons. The van der Waals surface area contributed by atoms with Crippen molar-refractivity contribution >= 4 is 12.6 Å². The lowest BCUT2D eigenvalue weighted by molar-refractivity contribution is 0.517. The van der Waals surface area contributed by atoms with E-state index >= 15 is 0 Å². The Morgan fingerprint density at radius 2 is 1.92 bits per heavy atom. The van der Waals surface area contributed by atoms with Crippen LogP contribution in [0.25, 0.3) is 0 Å². The van der Waals surface area contributed by atoms with E-state index in [-0.39, 0.29) is 5.41 Å². The van der Waals surface area contributed by atoms with Gasteiger partial charge in [0.05, 0.1) is 0 Å². The van der Waals surface area contributed by atoms with Crippen LogP contribution < -0.4 is 0 Å². The number of thiol groups is 1. The molecule has 0 heterocycles. The summed E-state index contributed by atoms with van der Waals surface area (Å²) in [7, 11) is 0. The Hall–Kier alpha value is -0.570. The predicted molar refractivity (Wildman–Crippen MR) is 53.2 cm³/mol. The third kappa shape index (κ3) is 2.21. The van der Waals surface area contributed by atoms with Gasteiger partial charge in [0.2, 0.25) is 0 Å². The van der Waals surface area contributed by atoms with Crippen LogP contribution in [0.5, 0.6) is 0 Å². The highest BCUT2D eigenvalue weighted by atomic mass is 32.1. The van der Waals surface area contributed by atoms with Crippen LogP contribution in [0.1, 0.15) is 19.4 Å². The van der Waals surface area contributed by atoms with Crippen LogP contribution in [0.3, 0.4) is 0 Å². The molecular weight excluding hydrogens is 190 g/mol. The minimum atomic E-state index is -0.545. The van der Waals surface area contributed by atoms with Crippen LogP contribution in [-0.2, 0) is 5.41 Å². The molecule has 0 unspecified atom stereocenters. The molecule has 1 aromatic carbocycles. The zero-order chi connectivity index (χ0) is 10.1. The molecule has 72 valence electrons. The zero-order valence-electron chi connectivity index (χ0n) is 7.64. The normalized spacial score (nSPS) is 11.8. The third-order valence-corrected chi connectivity index (χ3v) is 2.85. The van der Waals surface area contributed by atoms with Crippen molar-refractivity contribution < 1.29 is 8.78 Å². The smallest absolute Gasteiger partial charge is 0.129 e. The molecule has 0 N–H and O–H groups in total. The average Bonchev–Trinajstić information content (AvgIpc) is 2.03. The first-order chi connectivity index (χ1) is 5.97. The number of halogens is 2. The number of hydrogen-bond donors (Lipinski definition) is 1. The first-order valence-corrected chi connectivity index (χ1v) is 4.67. The van der Waals surface area contributed by atoms with Gasteiger partial charge in [0.15, 0.2) is 0 Å². The molecule has 0 aliphatic heterocycles. The maximum absolute atomic E-state index is 13.3. The van der Waals surface area contributed by atoms with Crippen molar-refractivity contribution in [2.24, 2.45) is 0 Å². The van der Waals surface area contributed by atoms with E-state index in [0.717, 1.165) is 6.07 Å². The van der Waals surface area contributed by atoms with Crippen LogP contribution >= 0.6 is 12.6 Å². The highest BCUT2D eigenvalue weighted by Crippen LogP contribution is 2.27. The van der Waals surface area contributed by atoms with Crippen LogP contribution in [0.4, 0.5) is 8.78 Å². The maximum Gasteiger partial charge on any atom is 0.129 e. The molecule has 0 nitrogen and oxygen atoms in total. The fourth-order valence-corrected chi connectivity index (χ4v) is 1.29. The summed E-state index contributed by atoms with van der Waals surface area (Å²) in [6.07, 6.45) is 0. The lowest BCUT2D eigenvalue weighted by atomic mass is 9.86. The van der Waals surface area contributed by atoms with Gasteiger partial charge in [-0.1, -0.05) is 19.9 Å². The van der Waals surface area contributed by atoms with E-state index in [2.05, 4.69) is 12.6 Å². The molecule has 0 fully saturated rings. The summed E-state index contributed by atoms with van der Waals surface area (Å²) in [6.45, 7) is 3.74. The van der Waals surface area contributed by atoms with Gasteiger partial charge in [-0.15, -0.1) is 0 Å². The van der Waals surface area contributed by atoms with Crippen molar-refractivity contribution in [1.29, 1.82) is 0 Å². The summed E-state index contributed by atoms with van der Waals surface area (Å²) in [5, 5.41) is 0. The second-order valence-electron chi connectivity index (χ2n) is 3.67. The largest absolute Gasteiger partial charge is 0.207 e. The van der Waals surface area contributed by atoms with Crippen LogP contribution in [0.15, 0.2) is 18.2 Å². The van der Waals surface area contributed by atoms with Gasteiger partial charge in [0.25, 0.3) is 0 Å². The predicted octanol–water partition coefficient (Wildman–Crippen LogP) is 3.17. The second kappa shape index (κ2) is 3.66. The Labute approximate surface area is 82.4 Å². The van der Waals surface area contributed by atoms with Crippen molar-refractivity contribution in [1.82, 2.24) is 0 Å². The summed E-state index contributed by atoms with van der Waals surface area (Å²) in [5.41, 5.74) is 0.143. The minimum absolute atomic E-state index is 0.360. The van der Waals surface area contributed by atoms with Crippen molar-refractivity contribution in [3.63, 3.8) is 0 Å². The highest BCUT2D eigenvalue weighted by molar-refractivity contribution is 7.80. The number of hydrogen-bond acceptors (Lipinski definition) is 1. The molecule has 0 saturated carbocycles. The highest BCUT2D eigenvalue weighted by Gasteiger charge is 2.22. The number of rotatable bonds is 2. The van der Waals surface area contributed by atoms with Gasteiger partial charge in [-0.2, -0.15) is 12.6 Å². The molecule has 1 rings (SSSR count). The Kier molecular flexibility index (Phi) is 2.96. The lowest BCUT2D eigenvalue weighted by Crippen LogP contribution is -2.20. The van der Waals surface area contributed by atoms with E-state index in [9.17, 15) is 8.78 Å². The van der Waals surface area contributed by atoms with Crippen molar-refractivity contribution in [2.75, 3.05) is 5.75 Å². The van der Waals surface area contributed by atoms with Crippen LogP contribution in [-0.4, -0.2) is 5.75 Å². The molecule has 1 aromatic rings. The molecule has 0 aromatic heterocycles. The molecule has 0 saturated heterocycles. The molecular formula is C10H12F2S. The molecule has 0 spiro atoms. The Morgan fingerprint density at radius 1 is 1.31 bits per heavy atom. The van der Waals surface area contributed by atoms with E-state index in [1.807, 2.05) is 13.8 Å². The van der Waals surface area contributed by atoms with Crippen molar-refractivity contribution in [3.05, 3.63) is 35.4 Å². The van der Waals surface area contributed by atoms with Gasteiger partial charge in [-0.3, -0.25) is 0 Å². The van der Waals surface area contributed by atoms with Crippen molar-refractivity contribution in [3.8, 4) is 0 Å². The summed E-state index contributed by atoms with van der Waals surface area (Å²) < 4.78 is 25.8. The zero-order valence-corrected chi connectivity index (χ0v) is 8.54. The standard InChI is InChI=1S/C10H12F2S/c1-10(2,6-13)8-4-3-7(11)5-9(8)12/h3-5,13H,6H2,1-2H3. The monoisotopic (exact) mass is 202 g/mol. The van der Waals surface area contributed by atoms with E-state index in [4.69, 9.17) is 0 Å². The van der Waals surface area contributed by atoms with Gasteiger partial charge in [0, 0.05) is 11.5 Å². The van der Waals surface area contributed by atoms with Gasteiger partial charge in [-0.05, 0) is 17.4 Å². The topological polar surface area (TPSA) is 0 Å². The summed E-state index contributed by atoms with van der Waals surface area (Å²) in [6, 6.07) is 3.64. The van der Waals surface area contributed by atoms with Crippen molar-refractivity contribution in [2.45, 2.75) is 19.3 Å². The lowest BCUT2D eigenvalue weighted by Gasteiger charge is -2.23. The fourth-order valence-electron chi connectivity index (χ4n) is 1.12. The van der Waals surface area contributed by atoms with Gasteiger partial charge < -0.3 is 0 Å².